The predicted molar refractivity (Wildman–Crippen MR) is 87.5 cm³/mol. The Labute approximate surface area is 139 Å². The highest BCUT2D eigenvalue weighted by Crippen LogP contribution is 2.16. The fourth-order valence-electron chi connectivity index (χ4n) is 2.04. The molecule has 0 unspecified atom stereocenters. The summed E-state index contributed by atoms with van der Waals surface area (Å²) in [6.07, 6.45) is -0.325. The van der Waals surface area contributed by atoms with Gasteiger partial charge in [-0.15, -0.1) is 0 Å². The van der Waals surface area contributed by atoms with Crippen molar-refractivity contribution in [2.45, 2.75) is 52.0 Å². The first-order valence-electron chi connectivity index (χ1n) is 8.11. The zero-order chi connectivity index (χ0) is 17.5. The molecule has 136 valence electrons. The fraction of sp³-hybridized carbons (Fsp3) is 0.938. The third-order valence-electron chi connectivity index (χ3n) is 3.30. The van der Waals surface area contributed by atoms with E-state index in [1.807, 2.05) is 34.6 Å². The van der Waals surface area contributed by atoms with Crippen LogP contribution in [0, 0.1) is 0 Å². The first-order valence-corrected chi connectivity index (χ1v) is 8.11. The van der Waals surface area contributed by atoms with Crippen LogP contribution in [0.4, 0.5) is 4.79 Å². The molecule has 0 aromatic rings. The van der Waals surface area contributed by atoms with Crippen LogP contribution in [0.2, 0.25) is 0 Å². The third kappa shape index (κ3) is 8.50. The van der Waals surface area contributed by atoms with Crippen LogP contribution in [0.15, 0.2) is 0 Å². The van der Waals surface area contributed by atoms with Crippen LogP contribution in [0.3, 0.4) is 0 Å². The Morgan fingerprint density at radius 1 is 1.26 bits per heavy atom. The smallest absolute Gasteiger partial charge is 0.410 e. The maximum atomic E-state index is 12.2. The van der Waals surface area contributed by atoms with Crippen molar-refractivity contribution in [1.82, 2.24) is 10.2 Å². The predicted octanol–water partition coefficient (Wildman–Crippen LogP) is 1.61. The number of hydrogen-bond donors (Lipinski definition) is 1. The molecule has 23 heavy (non-hydrogen) atoms. The van der Waals surface area contributed by atoms with Gasteiger partial charge in [0.1, 0.15) is 5.60 Å². The lowest BCUT2D eigenvalue weighted by atomic mass is 10.2. The van der Waals surface area contributed by atoms with E-state index in [2.05, 4.69) is 5.32 Å². The highest BCUT2D eigenvalue weighted by atomic mass is 16.7. The average Bonchev–Trinajstić information content (AvgIpc) is 2.42. The molecule has 1 heterocycles. The second-order valence-corrected chi connectivity index (χ2v) is 7.13. The summed E-state index contributed by atoms with van der Waals surface area (Å²) in [4.78, 5) is 13.9. The minimum atomic E-state index is -0.515. The molecule has 1 rings (SSSR count). The summed E-state index contributed by atoms with van der Waals surface area (Å²) in [5, 5.41) is 3.34. The summed E-state index contributed by atoms with van der Waals surface area (Å²) >= 11 is 0. The lowest BCUT2D eigenvalue weighted by Crippen LogP contribution is -2.50. The van der Waals surface area contributed by atoms with Gasteiger partial charge in [0.25, 0.3) is 0 Å². The van der Waals surface area contributed by atoms with Crippen molar-refractivity contribution >= 4 is 6.09 Å². The minimum Gasteiger partial charge on any atom is -0.444 e. The van der Waals surface area contributed by atoms with E-state index in [1.54, 1.807) is 12.0 Å². The molecule has 7 heteroatoms. The number of nitrogens with one attached hydrogen (secondary N) is 1. The van der Waals surface area contributed by atoms with Crippen LogP contribution in [0.1, 0.15) is 34.6 Å². The Morgan fingerprint density at radius 2 is 1.87 bits per heavy atom. The Balaban J connectivity index is 2.37. The molecular weight excluding hydrogens is 300 g/mol. The summed E-state index contributed by atoms with van der Waals surface area (Å²) in [5.74, 6) is -0.515. The van der Waals surface area contributed by atoms with Gasteiger partial charge in [0.2, 0.25) is 0 Å². The molecule has 0 radical (unpaired) electrons. The molecule has 0 atom stereocenters. The van der Waals surface area contributed by atoms with Gasteiger partial charge < -0.3 is 29.2 Å². The molecule has 1 amide bonds. The van der Waals surface area contributed by atoms with E-state index in [4.69, 9.17) is 18.9 Å². The number of hydrogen-bond acceptors (Lipinski definition) is 6. The highest BCUT2D eigenvalue weighted by molar-refractivity contribution is 5.68. The molecule has 7 nitrogen and oxygen atoms in total. The lowest BCUT2D eigenvalue weighted by Gasteiger charge is -2.35. The summed E-state index contributed by atoms with van der Waals surface area (Å²) in [6.45, 7) is 12.7. The maximum absolute atomic E-state index is 12.2. The SMILES string of the molecule is COCCN(CCNC1COC(C)(C)OC1)C(=O)OC(C)(C)C. The molecule has 1 fully saturated rings. The van der Waals surface area contributed by atoms with E-state index >= 15 is 0 Å². The van der Waals surface area contributed by atoms with Crippen molar-refractivity contribution in [3.63, 3.8) is 0 Å². The summed E-state index contributed by atoms with van der Waals surface area (Å²) in [6, 6.07) is 0.130. The Hall–Kier alpha value is -0.890. The van der Waals surface area contributed by atoms with Gasteiger partial charge in [-0.05, 0) is 34.6 Å². The van der Waals surface area contributed by atoms with E-state index in [9.17, 15) is 4.79 Å². The van der Waals surface area contributed by atoms with Crippen LogP contribution < -0.4 is 5.32 Å². The van der Waals surface area contributed by atoms with Crippen molar-refractivity contribution in [2.24, 2.45) is 0 Å². The van der Waals surface area contributed by atoms with E-state index in [0.717, 1.165) is 0 Å². The van der Waals surface area contributed by atoms with Crippen molar-refractivity contribution in [1.29, 1.82) is 0 Å². The standard InChI is InChI=1S/C16H32N2O5/c1-15(2,3)23-14(19)18(9-10-20-6)8-7-17-13-11-21-16(4,5)22-12-13/h13,17H,7-12H2,1-6H3. The monoisotopic (exact) mass is 332 g/mol. The number of nitrogens with zero attached hydrogens (tertiary/aromatic N) is 1. The van der Waals surface area contributed by atoms with Crippen molar-refractivity contribution in [2.75, 3.05) is 46.6 Å². The fourth-order valence-corrected chi connectivity index (χ4v) is 2.04. The zero-order valence-electron chi connectivity index (χ0n) is 15.3. The normalized spacial score (nSPS) is 18.7. The molecule has 1 saturated heterocycles. The number of carbonyl (C=O) groups is 1. The van der Waals surface area contributed by atoms with Crippen molar-refractivity contribution < 1.29 is 23.7 Å². The minimum absolute atomic E-state index is 0.130. The lowest BCUT2D eigenvalue weighted by molar-refractivity contribution is -0.252. The Morgan fingerprint density at radius 3 is 2.39 bits per heavy atom. The van der Waals surface area contributed by atoms with Gasteiger partial charge in [0.05, 0.1) is 25.9 Å². The van der Waals surface area contributed by atoms with Crippen LogP contribution in [0.5, 0.6) is 0 Å². The number of rotatable bonds is 7. The van der Waals surface area contributed by atoms with Gasteiger partial charge >= 0.3 is 6.09 Å². The van der Waals surface area contributed by atoms with Crippen molar-refractivity contribution in [3.8, 4) is 0 Å². The van der Waals surface area contributed by atoms with Crippen LogP contribution in [-0.2, 0) is 18.9 Å². The molecular formula is C16H32N2O5. The molecule has 1 aliphatic heterocycles. The molecule has 0 saturated carbocycles. The molecule has 0 spiro atoms. The van der Waals surface area contributed by atoms with Gasteiger partial charge in [-0.1, -0.05) is 0 Å². The first kappa shape index (κ1) is 20.2. The molecule has 0 aromatic heterocycles. The quantitative estimate of drug-likeness (QED) is 0.764. The molecule has 0 aliphatic carbocycles. The number of methoxy groups -OCH3 is 1. The van der Waals surface area contributed by atoms with Crippen LogP contribution in [0.25, 0.3) is 0 Å². The molecule has 0 aromatic carbocycles. The summed E-state index contributed by atoms with van der Waals surface area (Å²) in [7, 11) is 1.62. The van der Waals surface area contributed by atoms with Crippen molar-refractivity contribution in [3.05, 3.63) is 0 Å². The van der Waals surface area contributed by atoms with Gasteiger partial charge in [-0.25, -0.2) is 4.79 Å². The van der Waals surface area contributed by atoms with E-state index in [1.165, 1.54) is 0 Å². The average molecular weight is 332 g/mol. The zero-order valence-corrected chi connectivity index (χ0v) is 15.3. The number of ether oxygens (including phenoxy) is 4. The maximum Gasteiger partial charge on any atom is 0.410 e. The van der Waals surface area contributed by atoms with Gasteiger partial charge in [-0.2, -0.15) is 0 Å². The van der Waals surface area contributed by atoms with E-state index in [-0.39, 0.29) is 12.1 Å². The summed E-state index contributed by atoms with van der Waals surface area (Å²) in [5.41, 5.74) is -0.507. The number of amides is 1. The first-order chi connectivity index (χ1) is 10.6. The molecule has 0 bridgehead atoms. The van der Waals surface area contributed by atoms with Gasteiger partial charge in [-0.3, -0.25) is 0 Å². The van der Waals surface area contributed by atoms with Gasteiger partial charge in [0.15, 0.2) is 5.79 Å². The van der Waals surface area contributed by atoms with E-state index < -0.39 is 11.4 Å². The number of carbonyl (C=O) groups excluding carboxylic acids is 1. The van der Waals surface area contributed by atoms with Gasteiger partial charge in [0, 0.05) is 26.7 Å². The molecule has 1 N–H and O–H groups in total. The Bertz CT molecular complexity index is 358. The van der Waals surface area contributed by atoms with E-state index in [0.29, 0.717) is 39.5 Å². The second kappa shape index (κ2) is 8.82. The largest absolute Gasteiger partial charge is 0.444 e. The second-order valence-electron chi connectivity index (χ2n) is 7.13. The molecule has 1 aliphatic rings. The third-order valence-corrected chi connectivity index (χ3v) is 3.30. The Kier molecular flexibility index (Phi) is 7.73. The van der Waals surface area contributed by atoms with Crippen LogP contribution in [-0.4, -0.2) is 75.0 Å². The van der Waals surface area contributed by atoms with Crippen LogP contribution >= 0.6 is 0 Å². The summed E-state index contributed by atoms with van der Waals surface area (Å²) < 4.78 is 21.7. The topological polar surface area (TPSA) is 69.3 Å². The highest BCUT2D eigenvalue weighted by Gasteiger charge is 2.28.